The van der Waals surface area contributed by atoms with Gasteiger partial charge >= 0.3 is 0 Å². The number of hydrogen-bond acceptors (Lipinski definition) is 4. The maximum Gasteiger partial charge on any atom is 0.0707 e. The van der Waals surface area contributed by atoms with Crippen molar-refractivity contribution in [1.29, 1.82) is 0 Å². The highest BCUT2D eigenvalue weighted by molar-refractivity contribution is 4.83. The lowest BCUT2D eigenvalue weighted by Gasteiger charge is -2.40. The summed E-state index contributed by atoms with van der Waals surface area (Å²) in [4.78, 5) is 5.17. The minimum absolute atomic E-state index is 0.445. The number of piperazine rings is 1. The summed E-state index contributed by atoms with van der Waals surface area (Å²) >= 11 is 0. The molecule has 1 N–H and O–H groups in total. The molecule has 0 aromatic rings. The third kappa shape index (κ3) is 4.69. The SMILES string of the molecule is CCCNCC1CCC(CN2CCN(CC)C(C)C2)O1. The van der Waals surface area contributed by atoms with E-state index in [0.29, 0.717) is 18.2 Å². The third-order valence-electron chi connectivity index (χ3n) is 4.71. The summed E-state index contributed by atoms with van der Waals surface area (Å²) in [5, 5.41) is 3.48. The van der Waals surface area contributed by atoms with Crippen molar-refractivity contribution in [3.63, 3.8) is 0 Å². The number of hydrogen-bond donors (Lipinski definition) is 1. The number of nitrogens with zero attached hydrogens (tertiary/aromatic N) is 2. The summed E-state index contributed by atoms with van der Waals surface area (Å²) in [5.74, 6) is 0. The average Bonchev–Trinajstić information content (AvgIpc) is 2.87. The second-order valence-electron chi connectivity index (χ2n) is 6.40. The maximum atomic E-state index is 6.18. The zero-order valence-corrected chi connectivity index (χ0v) is 13.6. The van der Waals surface area contributed by atoms with Crippen LogP contribution in [0.4, 0.5) is 0 Å². The van der Waals surface area contributed by atoms with E-state index in [2.05, 4.69) is 35.9 Å². The van der Waals surface area contributed by atoms with E-state index in [0.717, 1.165) is 19.6 Å². The predicted molar refractivity (Wildman–Crippen MR) is 84.2 cm³/mol. The van der Waals surface area contributed by atoms with Crippen molar-refractivity contribution >= 4 is 0 Å². The molecular formula is C16H33N3O. The molecule has 0 bridgehead atoms. The molecule has 4 heteroatoms. The molecule has 0 aromatic heterocycles. The monoisotopic (exact) mass is 283 g/mol. The highest BCUT2D eigenvalue weighted by Crippen LogP contribution is 2.21. The molecule has 2 heterocycles. The summed E-state index contributed by atoms with van der Waals surface area (Å²) in [7, 11) is 0. The highest BCUT2D eigenvalue weighted by atomic mass is 16.5. The first-order valence-corrected chi connectivity index (χ1v) is 8.55. The number of ether oxygens (including phenoxy) is 1. The first-order chi connectivity index (χ1) is 9.72. The van der Waals surface area contributed by atoms with Gasteiger partial charge in [0.25, 0.3) is 0 Å². The summed E-state index contributed by atoms with van der Waals surface area (Å²) < 4.78 is 6.18. The first-order valence-electron chi connectivity index (χ1n) is 8.55. The van der Waals surface area contributed by atoms with Crippen molar-refractivity contribution in [2.45, 2.75) is 58.3 Å². The second-order valence-corrected chi connectivity index (χ2v) is 6.40. The van der Waals surface area contributed by atoms with Crippen LogP contribution in [0.25, 0.3) is 0 Å². The normalized spacial score (nSPS) is 32.9. The molecule has 2 rings (SSSR count). The Labute approximate surface area is 124 Å². The van der Waals surface area contributed by atoms with Crippen LogP contribution < -0.4 is 5.32 Å². The Bertz CT molecular complexity index is 274. The van der Waals surface area contributed by atoms with Gasteiger partial charge in [0.2, 0.25) is 0 Å². The molecule has 0 radical (unpaired) electrons. The summed E-state index contributed by atoms with van der Waals surface area (Å²) in [5.41, 5.74) is 0. The molecule has 4 nitrogen and oxygen atoms in total. The van der Waals surface area contributed by atoms with E-state index in [1.807, 2.05) is 0 Å². The van der Waals surface area contributed by atoms with Gasteiger partial charge in [-0.25, -0.2) is 0 Å². The lowest BCUT2D eigenvalue weighted by atomic mass is 10.1. The third-order valence-corrected chi connectivity index (χ3v) is 4.71. The molecule has 2 aliphatic rings. The molecule has 2 saturated heterocycles. The minimum atomic E-state index is 0.445. The van der Waals surface area contributed by atoms with E-state index in [-0.39, 0.29) is 0 Å². The van der Waals surface area contributed by atoms with E-state index in [1.165, 1.54) is 45.4 Å². The van der Waals surface area contributed by atoms with Gasteiger partial charge in [-0.05, 0) is 39.3 Å². The van der Waals surface area contributed by atoms with Gasteiger partial charge in [0.1, 0.15) is 0 Å². The molecule has 20 heavy (non-hydrogen) atoms. The van der Waals surface area contributed by atoms with E-state index in [9.17, 15) is 0 Å². The maximum absolute atomic E-state index is 6.18. The van der Waals surface area contributed by atoms with Crippen LogP contribution in [0, 0.1) is 0 Å². The van der Waals surface area contributed by atoms with Crippen LogP contribution in [-0.4, -0.2) is 73.9 Å². The van der Waals surface area contributed by atoms with Crippen molar-refractivity contribution < 1.29 is 4.74 Å². The average molecular weight is 283 g/mol. The van der Waals surface area contributed by atoms with E-state index in [4.69, 9.17) is 4.74 Å². The Morgan fingerprint density at radius 3 is 2.65 bits per heavy atom. The van der Waals surface area contributed by atoms with Crippen molar-refractivity contribution in [2.75, 3.05) is 45.8 Å². The predicted octanol–water partition coefficient (Wildman–Crippen LogP) is 1.56. The number of likely N-dealkylation sites (N-methyl/N-ethyl adjacent to an activating group) is 1. The van der Waals surface area contributed by atoms with Crippen molar-refractivity contribution in [3.8, 4) is 0 Å². The lowest BCUT2D eigenvalue weighted by Crippen LogP contribution is -2.53. The largest absolute Gasteiger partial charge is 0.372 e. The van der Waals surface area contributed by atoms with Gasteiger partial charge in [0, 0.05) is 38.8 Å². The van der Waals surface area contributed by atoms with Crippen LogP contribution >= 0.6 is 0 Å². The van der Waals surface area contributed by atoms with Gasteiger partial charge < -0.3 is 10.1 Å². The molecule has 0 spiro atoms. The Morgan fingerprint density at radius 1 is 1.15 bits per heavy atom. The molecule has 118 valence electrons. The second kappa shape index (κ2) is 8.32. The number of nitrogens with one attached hydrogen (secondary N) is 1. The fourth-order valence-electron chi connectivity index (χ4n) is 3.50. The Kier molecular flexibility index (Phi) is 6.75. The highest BCUT2D eigenvalue weighted by Gasteiger charge is 2.29. The van der Waals surface area contributed by atoms with Gasteiger partial charge in [-0.15, -0.1) is 0 Å². The van der Waals surface area contributed by atoms with Crippen molar-refractivity contribution in [1.82, 2.24) is 15.1 Å². The van der Waals surface area contributed by atoms with Crippen LogP contribution in [0.2, 0.25) is 0 Å². The summed E-state index contributed by atoms with van der Waals surface area (Å²) in [6, 6.07) is 0.692. The van der Waals surface area contributed by atoms with Crippen molar-refractivity contribution in [2.24, 2.45) is 0 Å². The molecule has 0 saturated carbocycles. The van der Waals surface area contributed by atoms with Crippen LogP contribution in [0.3, 0.4) is 0 Å². The molecule has 2 aliphatic heterocycles. The smallest absolute Gasteiger partial charge is 0.0707 e. The zero-order valence-electron chi connectivity index (χ0n) is 13.6. The topological polar surface area (TPSA) is 27.7 Å². The first kappa shape index (κ1) is 16.2. The van der Waals surface area contributed by atoms with E-state index >= 15 is 0 Å². The lowest BCUT2D eigenvalue weighted by molar-refractivity contribution is 0.00424. The van der Waals surface area contributed by atoms with Crippen LogP contribution in [0.5, 0.6) is 0 Å². The van der Waals surface area contributed by atoms with Crippen LogP contribution in [0.15, 0.2) is 0 Å². The van der Waals surface area contributed by atoms with Gasteiger partial charge in [-0.2, -0.15) is 0 Å². The van der Waals surface area contributed by atoms with Gasteiger partial charge in [-0.1, -0.05) is 13.8 Å². The van der Waals surface area contributed by atoms with Crippen LogP contribution in [0.1, 0.15) is 40.0 Å². The Balaban J connectivity index is 1.65. The molecule has 3 unspecified atom stereocenters. The van der Waals surface area contributed by atoms with Crippen molar-refractivity contribution in [3.05, 3.63) is 0 Å². The molecular weight excluding hydrogens is 250 g/mol. The standard InChI is InChI=1S/C16H33N3O/c1-4-8-17-11-15-6-7-16(20-15)13-18-9-10-19(5-2)14(3)12-18/h14-17H,4-13H2,1-3H3. The van der Waals surface area contributed by atoms with Gasteiger partial charge in [-0.3, -0.25) is 9.80 Å². The van der Waals surface area contributed by atoms with Gasteiger partial charge in [0.15, 0.2) is 0 Å². The molecule has 0 amide bonds. The minimum Gasteiger partial charge on any atom is -0.372 e. The molecule has 3 atom stereocenters. The quantitative estimate of drug-likeness (QED) is 0.718. The molecule has 0 aliphatic carbocycles. The molecule has 0 aromatic carbocycles. The summed E-state index contributed by atoms with van der Waals surface area (Å²) in [6.07, 6.45) is 4.58. The fraction of sp³-hybridized carbons (Fsp3) is 1.00. The Hall–Kier alpha value is -0.160. The molecule has 2 fully saturated rings. The summed E-state index contributed by atoms with van der Waals surface area (Å²) in [6.45, 7) is 14.9. The fourth-order valence-corrected chi connectivity index (χ4v) is 3.50. The van der Waals surface area contributed by atoms with E-state index in [1.54, 1.807) is 0 Å². The van der Waals surface area contributed by atoms with Gasteiger partial charge in [0.05, 0.1) is 12.2 Å². The Morgan fingerprint density at radius 2 is 1.95 bits per heavy atom. The van der Waals surface area contributed by atoms with E-state index < -0.39 is 0 Å². The van der Waals surface area contributed by atoms with Crippen LogP contribution in [-0.2, 0) is 4.74 Å². The number of rotatable bonds is 7. The zero-order chi connectivity index (χ0) is 14.4.